The maximum Gasteiger partial charge on any atom is 0.123 e. The molecule has 3 rings (SSSR count). The average Bonchev–Trinajstić information content (AvgIpc) is 3.20. The number of nitrogens with two attached hydrogens (primary N) is 2. The van der Waals surface area contributed by atoms with E-state index in [-0.39, 0.29) is 12.3 Å². The Kier molecular flexibility index (Phi) is 6.16. The lowest BCUT2D eigenvalue weighted by molar-refractivity contribution is 0.192. The van der Waals surface area contributed by atoms with E-state index in [4.69, 9.17) is 21.7 Å². The van der Waals surface area contributed by atoms with Crippen molar-refractivity contribution in [1.82, 2.24) is 30.2 Å². The van der Waals surface area contributed by atoms with Gasteiger partial charge in [0, 0.05) is 25.2 Å². The van der Waals surface area contributed by atoms with Crippen LogP contribution in [0.5, 0.6) is 0 Å². The van der Waals surface area contributed by atoms with Gasteiger partial charge in [-0.3, -0.25) is 10.6 Å². The van der Waals surface area contributed by atoms with Crippen LogP contribution in [0.4, 0.5) is 11.6 Å². The number of anilines is 2. The monoisotopic (exact) mass is 360 g/mol. The van der Waals surface area contributed by atoms with Gasteiger partial charge in [0.2, 0.25) is 0 Å². The number of hydrogen-bond donors (Lipinski definition) is 4. The summed E-state index contributed by atoms with van der Waals surface area (Å²) >= 11 is 0. The van der Waals surface area contributed by atoms with Crippen LogP contribution in [-0.2, 0) is 12.8 Å². The molecule has 144 valence electrons. The summed E-state index contributed by atoms with van der Waals surface area (Å²) in [5.41, 5.74) is 14.5. The predicted octanol–water partition coefficient (Wildman–Crippen LogP) is 2.17. The summed E-state index contributed by atoms with van der Waals surface area (Å²) in [6.45, 7) is 5.02. The highest BCUT2D eigenvalue weighted by Gasteiger charge is 2.27. The third-order valence-corrected chi connectivity index (χ3v) is 4.92. The molecule has 26 heavy (non-hydrogen) atoms. The highest BCUT2D eigenvalue weighted by atomic mass is 15.5. The SMILES string of the molecule is CCCCc1cc(N)n(C2CC(n3nc(CCCC)cc3N)NCN2)n1. The first-order valence-corrected chi connectivity index (χ1v) is 9.77. The summed E-state index contributed by atoms with van der Waals surface area (Å²) in [6.07, 6.45) is 7.33. The summed E-state index contributed by atoms with van der Waals surface area (Å²) in [5.74, 6) is 1.40. The smallest absolute Gasteiger partial charge is 0.123 e. The Labute approximate surface area is 155 Å². The highest BCUT2D eigenvalue weighted by Crippen LogP contribution is 2.26. The van der Waals surface area contributed by atoms with E-state index in [0.29, 0.717) is 18.3 Å². The molecule has 0 radical (unpaired) electrons. The number of nitrogens with zero attached hydrogens (tertiary/aromatic N) is 4. The topological polar surface area (TPSA) is 112 Å². The first-order chi connectivity index (χ1) is 12.6. The van der Waals surface area contributed by atoms with Gasteiger partial charge in [-0.2, -0.15) is 10.2 Å². The van der Waals surface area contributed by atoms with Crippen LogP contribution in [0.2, 0.25) is 0 Å². The number of hydrogen-bond acceptors (Lipinski definition) is 6. The first kappa shape index (κ1) is 18.7. The minimum Gasteiger partial charge on any atom is -0.384 e. The van der Waals surface area contributed by atoms with Crippen molar-refractivity contribution in [2.75, 3.05) is 18.1 Å². The quantitative estimate of drug-likeness (QED) is 0.574. The van der Waals surface area contributed by atoms with Gasteiger partial charge in [0.1, 0.15) is 24.0 Å². The fourth-order valence-corrected chi connectivity index (χ4v) is 3.43. The molecule has 0 aromatic carbocycles. The lowest BCUT2D eigenvalue weighted by Gasteiger charge is -2.32. The van der Waals surface area contributed by atoms with Gasteiger partial charge < -0.3 is 11.5 Å². The zero-order valence-electron chi connectivity index (χ0n) is 15.9. The highest BCUT2D eigenvalue weighted by molar-refractivity contribution is 5.33. The summed E-state index contributed by atoms with van der Waals surface area (Å²) in [5, 5.41) is 16.3. The van der Waals surface area contributed by atoms with Crippen molar-refractivity contribution in [3.63, 3.8) is 0 Å². The van der Waals surface area contributed by atoms with Crippen molar-refractivity contribution >= 4 is 11.6 Å². The second kappa shape index (κ2) is 8.55. The van der Waals surface area contributed by atoms with E-state index in [9.17, 15) is 0 Å². The fourth-order valence-electron chi connectivity index (χ4n) is 3.43. The van der Waals surface area contributed by atoms with E-state index in [1.165, 1.54) is 0 Å². The standard InChI is InChI=1S/C18H32N8/c1-3-5-7-13-9-15(19)25(23-13)17-11-18(22-12-21-17)26-16(20)10-14(24-26)8-6-4-2/h9-10,17-18,21-22H,3-8,11-12,19-20H2,1-2H3. The first-order valence-electron chi connectivity index (χ1n) is 9.77. The number of unbranched alkanes of at least 4 members (excludes halogenated alkanes) is 2. The molecule has 8 heteroatoms. The van der Waals surface area contributed by atoms with Gasteiger partial charge in [-0.15, -0.1) is 0 Å². The minimum absolute atomic E-state index is 0.0271. The van der Waals surface area contributed by atoms with E-state index in [1.807, 2.05) is 21.5 Å². The molecule has 1 saturated heterocycles. The van der Waals surface area contributed by atoms with Gasteiger partial charge in [0.05, 0.1) is 11.4 Å². The molecular formula is C18H32N8. The van der Waals surface area contributed by atoms with E-state index < -0.39 is 0 Å². The van der Waals surface area contributed by atoms with Crippen LogP contribution in [0.3, 0.4) is 0 Å². The van der Waals surface area contributed by atoms with Crippen LogP contribution in [0.1, 0.15) is 69.7 Å². The van der Waals surface area contributed by atoms with E-state index in [1.54, 1.807) is 0 Å². The molecule has 0 aliphatic carbocycles. The molecule has 8 nitrogen and oxygen atoms in total. The Hall–Kier alpha value is -2.06. The third kappa shape index (κ3) is 4.19. The molecule has 2 aromatic rings. The van der Waals surface area contributed by atoms with Crippen molar-refractivity contribution in [3.05, 3.63) is 23.5 Å². The van der Waals surface area contributed by atoms with Crippen molar-refractivity contribution in [2.45, 2.75) is 71.1 Å². The molecule has 3 heterocycles. The van der Waals surface area contributed by atoms with Crippen molar-refractivity contribution in [1.29, 1.82) is 0 Å². The largest absolute Gasteiger partial charge is 0.384 e. The average molecular weight is 361 g/mol. The van der Waals surface area contributed by atoms with Gasteiger partial charge in [0.15, 0.2) is 0 Å². The summed E-state index contributed by atoms with van der Waals surface area (Å²) in [7, 11) is 0. The van der Waals surface area contributed by atoms with Gasteiger partial charge >= 0.3 is 0 Å². The summed E-state index contributed by atoms with van der Waals surface area (Å²) < 4.78 is 3.80. The van der Waals surface area contributed by atoms with E-state index in [0.717, 1.165) is 56.3 Å². The Balaban J connectivity index is 1.71. The van der Waals surface area contributed by atoms with Gasteiger partial charge in [-0.25, -0.2) is 9.36 Å². The Bertz CT molecular complexity index is 646. The van der Waals surface area contributed by atoms with E-state index >= 15 is 0 Å². The maximum absolute atomic E-state index is 6.21. The van der Waals surface area contributed by atoms with Crippen LogP contribution < -0.4 is 22.1 Å². The number of aromatic nitrogens is 4. The second-order valence-corrected chi connectivity index (χ2v) is 7.07. The Morgan fingerprint density at radius 3 is 1.81 bits per heavy atom. The van der Waals surface area contributed by atoms with Crippen LogP contribution in [0.25, 0.3) is 0 Å². The van der Waals surface area contributed by atoms with Crippen LogP contribution >= 0.6 is 0 Å². The molecule has 0 amide bonds. The van der Waals surface area contributed by atoms with Crippen LogP contribution in [0.15, 0.2) is 12.1 Å². The fraction of sp³-hybridized carbons (Fsp3) is 0.667. The van der Waals surface area contributed by atoms with Gasteiger partial charge in [0.25, 0.3) is 0 Å². The molecule has 1 fully saturated rings. The zero-order chi connectivity index (χ0) is 18.5. The van der Waals surface area contributed by atoms with E-state index in [2.05, 4.69) is 24.5 Å². The lowest BCUT2D eigenvalue weighted by Crippen LogP contribution is -2.47. The molecular weight excluding hydrogens is 328 g/mol. The predicted molar refractivity (Wildman–Crippen MR) is 104 cm³/mol. The molecule has 2 atom stereocenters. The van der Waals surface area contributed by atoms with Crippen molar-refractivity contribution in [3.8, 4) is 0 Å². The number of nitrogens with one attached hydrogen (secondary N) is 2. The number of nitrogen functional groups attached to an aromatic ring is 2. The van der Waals surface area contributed by atoms with Gasteiger partial charge in [-0.05, 0) is 25.7 Å². The Morgan fingerprint density at radius 2 is 1.38 bits per heavy atom. The third-order valence-electron chi connectivity index (χ3n) is 4.92. The molecule has 0 spiro atoms. The maximum atomic E-state index is 6.21. The minimum atomic E-state index is 0.0271. The van der Waals surface area contributed by atoms with Crippen LogP contribution in [-0.4, -0.2) is 26.2 Å². The van der Waals surface area contributed by atoms with Gasteiger partial charge in [-0.1, -0.05) is 26.7 Å². The molecule has 0 bridgehead atoms. The van der Waals surface area contributed by atoms with Crippen molar-refractivity contribution in [2.24, 2.45) is 0 Å². The lowest BCUT2D eigenvalue weighted by atomic mass is 10.2. The molecule has 2 unspecified atom stereocenters. The second-order valence-electron chi connectivity index (χ2n) is 7.07. The normalized spacial score (nSPS) is 20.5. The summed E-state index contributed by atoms with van der Waals surface area (Å²) in [4.78, 5) is 0. The molecule has 1 aliphatic heterocycles. The zero-order valence-corrected chi connectivity index (χ0v) is 15.9. The van der Waals surface area contributed by atoms with Crippen molar-refractivity contribution < 1.29 is 0 Å². The molecule has 6 N–H and O–H groups in total. The molecule has 0 saturated carbocycles. The Morgan fingerprint density at radius 1 is 0.923 bits per heavy atom. The van der Waals surface area contributed by atoms with Crippen LogP contribution in [0, 0.1) is 0 Å². The number of rotatable bonds is 8. The number of aryl methyl sites for hydroxylation is 2. The molecule has 1 aliphatic rings. The summed E-state index contributed by atoms with van der Waals surface area (Å²) in [6, 6.07) is 3.97. The molecule has 2 aromatic heterocycles.